The van der Waals surface area contributed by atoms with Crippen LogP contribution in [-0.4, -0.2) is 5.11 Å². The van der Waals surface area contributed by atoms with Crippen molar-refractivity contribution in [3.8, 4) is 11.1 Å². The lowest BCUT2D eigenvalue weighted by molar-refractivity contribution is 0.0777. The third kappa shape index (κ3) is 2.65. The quantitative estimate of drug-likeness (QED) is 0.559. The molecule has 0 aliphatic heterocycles. The van der Waals surface area contributed by atoms with Crippen LogP contribution in [0.2, 0.25) is 0 Å². The first-order chi connectivity index (χ1) is 11.5. The molecule has 1 heteroatoms. The number of rotatable bonds is 3. The van der Waals surface area contributed by atoms with Gasteiger partial charge in [-0.15, -0.1) is 0 Å². The molecule has 0 heterocycles. The van der Waals surface area contributed by atoms with Crippen molar-refractivity contribution in [2.24, 2.45) is 0 Å². The summed E-state index contributed by atoms with van der Waals surface area (Å²) in [6, 6.07) is 23.7. The van der Waals surface area contributed by atoms with E-state index in [0.29, 0.717) is 0 Å². The predicted octanol–water partition coefficient (Wildman–Crippen LogP) is 5.08. The van der Waals surface area contributed by atoms with Crippen LogP contribution in [0.15, 0.2) is 66.7 Å². The monoisotopic (exact) mass is 314 g/mol. The lowest BCUT2D eigenvalue weighted by Crippen LogP contribution is -2.18. The Morgan fingerprint density at radius 3 is 2.38 bits per heavy atom. The highest BCUT2D eigenvalue weighted by molar-refractivity contribution is 5.77. The van der Waals surface area contributed by atoms with Crippen molar-refractivity contribution in [1.82, 2.24) is 0 Å². The molecule has 120 valence electrons. The Morgan fingerprint density at radius 2 is 1.54 bits per heavy atom. The average molecular weight is 314 g/mol. The fraction of sp³-hybridized carbons (Fsp3) is 0.217. The van der Waals surface area contributed by atoms with Crippen molar-refractivity contribution in [2.45, 2.75) is 32.3 Å². The number of hydrogen-bond acceptors (Lipinski definition) is 1. The minimum absolute atomic E-state index is 0.816. The van der Waals surface area contributed by atoms with E-state index in [1.165, 1.54) is 33.4 Å². The van der Waals surface area contributed by atoms with Crippen LogP contribution >= 0.6 is 0 Å². The van der Waals surface area contributed by atoms with Gasteiger partial charge in [-0.2, -0.15) is 0 Å². The van der Waals surface area contributed by atoms with Crippen molar-refractivity contribution < 1.29 is 5.11 Å². The molecule has 0 saturated carbocycles. The van der Waals surface area contributed by atoms with Crippen LogP contribution < -0.4 is 0 Å². The highest BCUT2D eigenvalue weighted by atomic mass is 16.3. The van der Waals surface area contributed by atoms with Crippen molar-refractivity contribution in [1.29, 1.82) is 0 Å². The van der Waals surface area contributed by atoms with E-state index in [0.717, 1.165) is 18.4 Å². The SMILES string of the molecule is CC(C)(O)c1ccccc1Cc1ccc2c(c1)Cc1ccccc1-2. The number of fused-ring (bicyclic) bond motifs is 3. The molecule has 1 aliphatic rings. The Bertz CT molecular complexity index is 900. The maximum atomic E-state index is 10.4. The lowest BCUT2D eigenvalue weighted by Gasteiger charge is -2.21. The Kier molecular flexibility index (Phi) is 3.54. The predicted molar refractivity (Wildman–Crippen MR) is 99.2 cm³/mol. The van der Waals surface area contributed by atoms with Gasteiger partial charge in [0, 0.05) is 0 Å². The molecule has 0 spiro atoms. The number of benzene rings is 3. The molecule has 24 heavy (non-hydrogen) atoms. The summed E-state index contributed by atoms with van der Waals surface area (Å²) in [5.74, 6) is 0. The second-order valence-electron chi connectivity index (χ2n) is 7.22. The second kappa shape index (κ2) is 5.61. The largest absolute Gasteiger partial charge is 0.386 e. The molecule has 1 N–H and O–H groups in total. The Morgan fingerprint density at radius 1 is 0.833 bits per heavy atom. The molecule has 4 rings (SSSR count). The number of aliphatic hydroxyl groups is 1. The normalized spacial score (nSPS) is 12.8. The lowest BCUT2D eigenvalue weighted by atomic mass is 9.89. The maximum Gasteiger partial charge on any atom is 0.0843 e. The molecular formula is C23H22O. The minimum atomic E-state index is -0.816. The molecular weight excluding hydrogens is 292 g/mol. The van der Waals surface area contributed by atoms with Gasteiger partial charge in [-0.25, -0.2) is 0 Å². The summed E-state index contributed by atoms with van der Waals surface area (Å²) >= 11 is 0. The van der Waals surface area contributed by atoms with Gasteiger partial charge in [0.05, 0.1) is 5.60 Å². The van der Waals surface area contributed by atoms with Crippen LogP contribution in [0.25, 0.3) is 11.1 Å². The highest BCUT2D eigenvalue weighted by Crippen LogP contribution is 2.37. The van der Waals surface area contributed by atoms with Crippen LogP contribution in [0.1, 0.15) is 41.7 Å². The molecule has 0 amide bonds. The van der Waals surface area contributed by atoms with E-state index in [1.54, 1.807) is 0 Å². The average Bonchev–Trinajstić information content (AvgIpc) is 2.92. The summed E-state index contributed by atoms with van der Waals surface area (Å²) in [4.78, 5) is 0. The third-order valence-corrected chi connectivity index (χ3v) is 4.93. The Hall–Kier alpha value is -2.38. The first-order valence-electron chi connectivity index (χ1n) is 8.53. The van der Waals surface area contributed by atoms with Gasteiger partial charge in [0.2, 0.25) is 0 Å². The van der Waals surface area contributed by atoms with Gasteiger partial charge in [0.1, 0.15) is 0 Å². The van der Waals surface area contributed by atoms with E-state index in [1.807, 2.05) is 32.0 Å². The second-order valence-corrected chi connectivity index (χ2v) is 7.22. The Balaban J connectivity index is 1.68. The van der Waals surface area contributed by atoms with Crippen molar-refractivity contribution in [3.05, 3.63) is 94.5 Å². The van der Waals surface area contributed by atoms with E-state index in [2.05, 4.69) is 48.5 Å². The standard InChI is InChI=1S/C23H22O/c1-23(2,24)22-10-6-4-8-18(22)13-16-11-12-21-19(14-16)15-17-7-3-5-9-20(17)21/h3-12,14,24H,13,15H2,1-2H3. The van der Waals surface area contributed by atoms with Crippen LogP contribution in [0.4, 0.5) is 0 Å². The molecule has 0 radical (unpaired) electrons. The summed E-state index contributed by atoms with van der Waals surface area (Å²) in [7, 11) is 0. The zero-order chi connectivity index (χ0) is 16.7. The number of hydrogen-bond donors (Lipinski definition) is 1. The zero-order valence-electron chi connectivity index (χ0n) is 14.2. The summed E-state index contributed by atoms with van der Waals surface area (Å²) in [6.07, 6.45) is 1.87. The van der Waals surface area contributed by atoms with Gasteiger partial charge in [0.15, 0.2) is 0 Å². The van der Waals surface area contributed by atoms with Gasteiger partial charge in [-0.1, -0.05) is 66.7 Å². The van der Waals surface area contributed by atoms with Gasteiger partial charge < -0.3 is 5.11 Å². The molecule has 0 fully saturated rings. The van der Waals surface area contributed by atoms with Crippen LogP contribution in [0.3, 0.4) is 0 Å². The van der Waals surface area contributed by atoms with Crippen molar-refractivity contribution >= 4 is 0 Å². The van der Waals surface area contributed by atoms with E-state index in [9.17, 15) is 5.11 Å². The van der Waals surface area contributed by atoms with E-state index < -0.39 is 5.60 Å². The smallest absolute Gasteiger partial charge is 0.0843 e. The molecule has 0 aromatic heterocycles. The zero-order valence-corrected chi connectivity index (χ0v) is 14.2. The fourth-order valence-corrected chi connectivity index (χ4v) is 3.80. The van der Waals surface area contributed by atoms with E-state index >= 15 is 0 Å². The van der Waals surface area contributed by atoms with Crippen LogP contribution in [0, 0.1) is 0 Å². The third-order valence-electron chi connectivity index (χ3n) is 4.93. The molecule has 1 aliphatic carbocycles. The molecule has 0 bridgehead atoms. The van der Waals surface area contributed by atoms with Gasteiger partial charge in [0.25, 0.3) is 0 Å². The maximum absolute atomic E-state index is 10.4. The van der Waals surface area contributed by atoms with E-state index in [4.69, 9.17) is 0 Å². The van der Waals surface area contributed by atoms with Gasteiger partial charge in [-0.05, 0) is 65.6 Å². The molecule has 1 nitrogen and oxygen atoms in total. The molecule has 0 atom stereocenters. The molecule has 3 aromatic carbocycles. The summed E-state index contributed by atoms with van der Waals surface area (Å²) < 4.78 is 0. The minimum Gasteiger partial charge on any atom is -0.386 e. The summed E-state index contributed by atoms with van der Waals surface area (Å²) in [5, 5.41) is 10.4. The molecule has 0 unspecified atom stereocenters. The first-order valence-corrected chi connectivity index (χ1v) is 8.53. The van der Waals surface area contributed by atoms with Crippen molar-refractivity contribution in [2.75, 3.05) is 0 Å². The summed E-state index contributed by atoms with van der Waals surface area (Å²) in [6.45, 7) is 3.70. The van der Waals surface area contributed by atoms with Crippen molar-refractivity contribution in [3.63, 3.8) is 0 Å². The summed E-state index contributed by atoms with van der Waals surface area (Å²) in [5.41, 5.74) is 8.26. The van der Waals surface area contributed by atoms with E-state index in [-0.39, 0.29) is 0 Å². The van der Waals surface area contributed by atoms with Crippen LogP contribution in [0.5, 0.6) is 0 Å². The first kappa shape index (κ1) is 15.2. The van der Waals surface area contributed by atoms with Crippen LogP contribution in [-0.2, 0) is 18.4 Å². The molecule has 0 saturated heterocycles. The van der Waals surface area contributed by atoms with Gasteiger partial charge in [-0.3, -0.25) is 0 Å². The Labute approximate surface area is 143 Å². The fourth-order valence-electron chi connectivity index (χ4n) is 3.80. The topological polar surface area (TPSA) is 20.2 Å². The van der Waals surface area contributed by atoms with Gasteiger partial charge >= 0.3 is 0 Å². The highest BCUT2D eigenvalue weighted by Gasteiger charge is 2.21. The molecule has 3 aromatic rings.